The quantitative estimate of drug-likeness (QED) is 0.909. The van der Waals surface area contributed by atoms with Crippen LogP contribution in [-0.4, -0.2) is 21.2 Å². The average molecular weight is 275 g/mol. The summed E-state index contributed by atoms with van der Waals surface area (Å²) in [4.78, 5) is 14.9. The highest BCUT2D eigenvalue weighted by Crippen LogP contribution is 2.29. The zero-order valence-electron chi connectivity index (χ0n) is 6.60. The van der Waals surface area contributed by atoms with Gasteiger partial charge in [-0.05, 0) is 28.1 Å². The largest absolute Gasteiger partial charge is 0.474 e. The van der Waals surface area contributed by atoms with Gasteiger partial charge in [0, 0.05) is 0 Å². The van der Waals surface area contributed by atoms with Gasteiger partial charge in [0.2, 0.25) is 5.82 Å². The van der Waals surface area contributed by atoms with Crippen molar-refractivity contribution in [1.29, 1.82) is 0 Å². The van der Waals surface area contributed by atoms with Crippen LogP contribution in [0.3, 0.4) is 0 Å². The molecule has 0 saturated carbocycles. The minimum absolute atomic E-state index is 0.290. The van der Waals surface area contributed by atoms with Gasteiger partial charge in [-0.3, -0.25) is 0 Å². The Labute approximate surface area is 90.5 Å². The highest BCUT2D eigenvalue weighted by atomic mass is 79.9. The van der Waals surface area contributed by atoms with Crippen molar-refractivity contribution in [3.63, 3.8) is 0 Å². The van der Waals surface area contributed by atoms with Gasteiger partial charge < -0.3 is 9.63 Å². The predicted molar refractivity (Wildman–Crippen MR) is 52.3 cm³/mol. The van der Waals surface area contributed by atoms with Gasteiger partial charge in [0.15, 0.2) is 0 Å². The first-order valence-corrected chi connectivity index (χ1v) is 5.10. The summed E-state index contributed by atoms with van der Waals surface area (Å²) < 4.78 is 5.45. The molecule has 0 amide bonds. The Morgan fingerprint density at radius 3 is 2.86 bits per heavy atom. The van der Waals surface area contributed by atoms with Gasteiger partial charge in [0.1, 0.15) is 0 Å². The topological polar surface area (TPSA) is 76.2 Å². The van der Waals surface area contributed by atoms with E-state index in [9.17, 15) is 4.79 Å². The van der Waals surface area contributed by atoms with Crippen molar-refractivity contribution >= 4 is 33.2 Å². The number of aromatic carboxylic acids is 1. The summed E-state index contributed by atoms with van der Waals surface area (Å²) in [6, 6.07) is 3.61. The van der Waals surface area contributed by atoms with E-state index in [1.165, 1.54) is 11.3 Å². The maximum absolute atomic E-state index is 10.4. The van der Waals surface area contributed by atoms with Gasteiger partial charge >= 0.3 is 11.9 Å². The number of nitrogens with zero attached hydrogens (tertiary/aromatic N) is 2. The third kappa shape index (κ3) is 1.68. The molecule has 0 saturated heterocycles. The van der Waals surface area contributed by atoms with E-state index in [1.807, 2.05) is 6.07 Å². The molecule has 72 valence electrons. The van der Waals surface area contributed by atoms with Crippen molar-refractivity contribution in [2.24, 2.45) is 0 Å². The molecule has 0 aliphatic carbocycles. The highest BCUT2D eigenvalue weighted by Gasteiger charge is 2.15. The van der Waals surface area contributed by atoms with Gasteiger partial charge in [-0.15, -0.1) is 11.3 Å². The normalized spacial score (nSPS) is 10.4. The Morgan fingerprint density at radius 1 is 1.57 bits per heavy atom. The monoisotopic (exact) mass is 274 g/mol. The highest BCUT2D eigenvalue weighted by molar-refractivity contribution is 9.11. The molecule has 0 bridgehead atoms. The SMILES string of the molecule is O=C(O)c1nc(-c2ccc(Br)s2)no1. The minimum Gasteiger partial charge on any atom is -0.474 e. The number of rotatable bonds is 2. The summed E-state index contributed by atoms with van der Waals surface area (Å²) in [6.07, 6.45) is 0. The van der Waals surface area contributed by atoms with Crippen LogP contribution < -0.4 is 0 Å². The standard InChI is InChI=1S/C7H3BrN2O3S/c8-4-2-1-3(14-4)5-9-6(7(11)12)13-10-5/h1-2H,(H,11,12). The molecule has 5 nitrogen and oxygen atoms in total. The van der Waals surface area contributed by atoms with Crippen LogP contribution in [0.1, 0.15) is 10.7 Å². The van der Waals surface area contributed by atoms with E-state index < -0.39 is 11.9 Å². The molecule has 0 aromatic carbocycles. The van der Waals surface area contributed by atoms with Crippen LogP contribution in [0.4, 0.5) is 0 Å². The van der Waals surface area contributed by atoms with Crippen molar-refractivity contribution < 1.29 is 14.4 Å². The molecular weight excluding hydrogens is 272 g/mol. The van der Waals surface area contributed by atoms with Crippen molar-refractivity contribution in [3.05, 3.63) is 21.8 Å². The first-order valence-electron chi connectivity index (χ1n) is 3.49. The fraction of sp³-hybridized carbons (Fsp3) is 0. The van der Waals surface area contributed by atoms with Crippen LogP contribution in [0.25, 0.3) is 10.7 Å². The molecule has 2 heterocycles. The lowest BCUT2D eigenvalue weighted by Crippen LogP contribution is -1.95. The summed E-state index contributed by atoms with van der Waals surface area (Å²) in [5, 5.41) is 12.1. The second kappa shape index (κ2) is 3.50. The first kappa shape index (κ1) is 9.35. The lowest BCUT2D eigenvalue weighted by molar-refractivity contribution is 0.0643. The number of carbonyl (C=O) groups is 1. The maximum Gasteiger partial charge on any atom is 0.394 e. The van der Waals surface area contributed by atoms with Crippen LogP contribution >= 0.6 is 27.3 Å². The maximum atomic E-state index is 10.4. The third-order valence-corrected chi connectivity index (χ3v) is 3.02. The van der Waals surface area contributed by atoms with Crippen molar-refractivity contribution in [1.82, 2.24) is 10.1 Å². The van der Waals surface area contributed by atoms with Crippen LogP contribution in [0, 0.1) is 0 Å². The number of aromatic nitrogens is 2. The lowest BCUT2D eigenvalue weighted by Gasteiger charge is -1.81. The van der Waals surface area contributed by atoms with E-state index in [2.05, 4.69) is 30.6 Å². The van der Waals surface area contributed by atoms with Crippen LogP contribution in [0.5, 0.6) is 0 Å². The second-order valence-electron chi connectivity index (χ2n) is 2.33. The van der Waals surface area contributed by atoms with E-state index in [0.717, 1.165) is 8.66 Å². The second-order valence-corrected chi connectivity index (χ2v) is 4.80. The molecule has 0 unspecified atom stereocenters. The zero-order valence-corrected chi connectivity index (χ0v) is 9.00. The number of carboxylic acid groups (broad SMARTS) is 1. The molecule has 0 atom stereocenters. The summed E-state index contributed by atoms with van der Waals surface area (Å²) in [7, 11) is 0. The number of hydrogen-bond donors (Lipinski definition) is 1. The Kier molecular flexibility index (Phi) is 2.34. The Morgan fingerprint density at radius 2 is 2.36 bits per heavy atom. The van der Waals surface area contributed by atoms with E-state index in [-0.39, 0.29) is 5.82 Å². The average Bonchev–Trinajstić information content (AvgIpc) is 2.70. The fourth-order valence-corrected chi connectivity index (χ4v) is 2.16. The molecule has 0 aliphatic rings. The van der Waals surface area contributed by atoms with Crippen molar-refractivity contribution in [2.45, 2.75) is 0 Å². The van der Waals surface area contributed by atoms with Gasteiger partial charge in [-0.2, -0.15) is 4.98 Å². The number of halogens is 1. The van der Waals surface area contributed by atoms with Crippen LogP contribution in [-0.2, 0) is 0 Å². The molecule has 7 heteroatoms. The van der Waals surface area contributed by atoms with E-state index in [0.29, 0.717) is 0 Å². The molecule has 2 rings (SSSR count). The van der Waals surface area contributed by atoms with Crippen LogP contribution in [0.2, 0.25) is 0 Å². The van der Waals surface area contributed by atoms with Gasteiger partial charge in [0.05, 0.1) is 8.66 Å². The molecule has 0 spiro atoms. The van der Waals surface area contributed by atoms with Crippen LogP contribution in [0.15, 0.2) is 20.4 Å². The molecule has 0 aliphatic heterocycles. The zero-order chi connectivity index (χ0) is 10.1. The molecule has 0 fully saturated rings. The van der Waals surface area contributed by atoms with E-state index in [4.69, 9.17) is 5.11 Å². The molecule has 14 heavy (non-hydrogen) atoms. The summed E-state index contributed by atoms with van der Waals surface area (Å²) in [5.41, 5.74) is 0. The molecule has 0 radical (unpaired) electrons. The van der Waals surface area contributed by atoms with Crippen molar-refractivity contribution in [2.75, 3.05) is 0 Å². The van der Waals surface area contributed by atoms with E-state index in [1.54, 1.807) is 6.07 Å². The Balaban J connectivity index is 2.38. The minimum atomic E-state index is -1.22. The molecular formula is C7H3BrN2O3S. The van der Waals surface area contributed by atoms with Gasteiger partial charge in [-0.25, -0.2) is 4.79 Å². The lowest BCUT2D eigenvalue weighted by atomic mass is 10.4. The summed E-state index contributed by atoms with van der Waals surface area (Å²) in [5.74, 6) is -1.33. The van der Waals surface area contributed by atoms with Gasteiger partial charge in [-0.1, -0.05) is 5.16 Å². The smallest absolute Gasteiger partial charge is 0.394 e. The third-order valence-electron chi connectivity index (χ3n) is 1.40. The van der Waals surface area contributed by atoms with Crippen molar-refractivity contribution in [3.8, 4) is 10.7 Å². The number of thiophene rings is 1. The summed E-state index contributed by atoms with van der Waals surface area (Å²) in [6.45, 7) is 0. The molecule has 1 N–H and O–H groups in total. The van der Waals surface area contributed by atoms with E-state index >= 15 is 0 Å². The Hall–Kier alpha value is -1.21. The Bertz CT molecular complexity index is 479. The summed E-state index contributed by atoms with van der Waals surface area (Å²) >= 11 is 4.69. The van der Waals surface area contributed by atoms with Gasteiger partial charge in [0.25, 0.3) is 0 Å². The fourth-order valence-electron chi connectivity index (χ4n) is 0.845. The number of carboxylic acids is 1. The number of hydrogen-bond acceptors (Lipinski definition) is 5. The molecule has 2 aromatic rings. The first-order chi connectivity index (χ1) is 6.66. The molecule has 2 aromatic heterocycles. The predicted octanol–water partition coefficient (Wildman–Crippen LogP) is 2.26.